The maximum atomic E-state index is 12.9. The molecule has 15 heavy (non-hydrogen) atoms. The second kappa shape index (κ2) is 3.61. The molecular formula is C10H5F2NO2. The number of hydrogen-bond acceptors (Lipinski definition) is 3. The minimum atomic E-state index is -1.52. The Hall–Kier alpha value is -2.04. The molecule has 0 amide bonds. The van der Waals surface area contributed by atoms with Crippen molar-refractivity contribution in [2.75, 3.05) is 0 Å². The molecule has 0 aliphatic carbocycles. The first kappa shape index (κ1) is 9.51. The normalized spacial score (nSPS) is 10.3. The smallest absolute Gasteiger partial charge is 0.375 e. The minimum Gasteiger partial charge on any atom is -0.419 e. The van der Waals surface area contributed by atoms with Crippen LogP contribution in [0.25, 0.3) is 11.5 Å². The van der Waals surface area contributed by atoms with Crippen LogP contribution in [-0.4, -0.2) is 4.98 Å². The van der Waals surface area contributed by atoms with E-state index < -0.39 is 17.3 Å². The zero-order valence-corrected chi connectivity index (χ0v) is 7.41. The Bertz CT molecular complexity index is 537. The van der Waals surface area contributed by atoms with E-state index in [2.05, 4.69) is 9.40 Å². The number of halogens is 2. The van der Waals surface area contributed by atoms with E-state index in [4.69, 9.17) is 0 Å². The van der Waals surface area contributed by atoms with Crippen molar-refractivity contribution in [2.24, 2.45) is 0 Å². The third-order valence-corrected chi connectivity index (χ3v) is 1.77. The number of rotatable bonds is 1. The van der Waals surface area contributed by atoms with E-state index in [1.165, 1.54) is 12.3 Å². The van der Waals surface area contributed by atoms with Crippen LogP contribution in [0.1, 0.15) is 0 Å². The molecule has 0 bridgehead atoms. The van der Waals surface area contributed by atoms with Gasteiger partial charge < -0.3 is 4.42 Å². The maximum absolute atomic E-state index is 12.9. The number of pyridine rings is 1. The van der Waals surface area contributed by atoms with Crippen LogP contribution in [0.5, 0.6) is 0 Å². The summed E-state index contributed by atoms with van der Waals surface area (Å²) in [5.41, 5.74) is -1.07. The third-order valence-electron chi connectivity index (χ3n) is 1.77. The number of hydrogen-bond donors (Lipinski definition) is 0. The molecule has 2 rings (SSSR count). The van der Waals surface area contributed by atoms with Crippen LogP contribution in [0.3, 0.4) is 0 Å². The third kappa shape index (κ3) is 1.76. The van der Waals surface area contributed by atoms with E-state index in [9.17, 15) is 13.6 Å². The molecule has 0 aliphatic heterocycles. The quantitative estimate of drug-likeness (QED) is 0.721. The van der Waals surface area contributed by atoms with Crippen LogP contribution >= 0.6 is 0 Å². The summed E-state index contributed by atoms with van der Waals surface area (Å²) in [6, 6.07) is 5.61. The van der Waals surface area contributed by atoms with Crippen molar-refractivity contribution in [1.29, 1.82) is 0 Å². The Morgan fingerprint density at radius 1 is 1.27 bits per heavy atom. The summed E-state index contributed by atoms with van der Waals surface area (Å²) in [7, 11) is 0. The minimum absolute atomic E-state index is 0.0977. The topological polar surface area (TPSA) is 43.1 Å². The molecule has 0 spiro atoms. The molecule has 0 atom stereocenters. The highest BCUT2D eigenvalue weighted by atomic mass is 19.2. The van der Waals surface area contributed by atoms with E-state index in [0.29, 0.717) is 0 Å². The predicted octanol–water partition coefficient (Wildman–Crippen LogP) is 1.98. The largest absolute Gasteiger partial charge is 0.419 e. The van der Waals surface area contributed by atoms with Crippen LogP contribution in [-0.2, 0) is 0 Å². The van der Waals surface area contributed by atoms with Gasteiger partial charge in [0.05, 0.1) is 0 Å². The lowest BCUT2D eigenvalue weighted by Crippen LogP contribution is -2.08. The summed E-state index contributed by atoms with van der Waals surface area (Å²) in [6.07, 6.45) is 1.45. The SMILES string of the molecule is O=c1oc(-c2ccccn2)cc(F)c1F. The molecule has 0 N–H and O–H groups in total. The van der Waals surface area contributed by atoms with Gasteiger partial charge in [-0.2, -0.15) is 4.39 Å². The van der Waals surface area contributed by atoms with Crippen LogP contribution in [0.4, 0.5) is 8.78 Å². The fraction of sp³-hybridized carbons (Fsp3) is 0. The van der Waals surface area contributed by atoms with E-state index >= 15 is 0 Å². The summed E-state index contributed by atoms with van der Waals surface area (Å²) in [4.78, 5) is 14.7. The van der Waals surface area contributed by atoms with E-state index in [1.807, 2.05) is 0 Å². The fourth-order valence-corrected chi connectivity index (χ4v) is 1.08. The van der Waals surface area contributed by atoms with Crippen LogP contribution in [0.2, 0.25) is 0 Å². The molecule has 0 saturated heterocycles. The molecule has 0 fully saturated rings. The molecule has 0 aliphatic rings. The molecule has 5 heteroatoms. The Balaban J connectivity index is 2.61. The predicted molar refractivity (Wildman–Crippen MR) is 48.1 cm³/mol. The second-order valence-corrected chi connectivity index (χ2v) is 2.78. The van der Waals surface area contributed by atoms with Gasteiger partial charge in [-0.1, -0.05) is 6.07 Å². The van der Waals surface area contributed by atoms with Gasteiger partial charge in [-0.25, -0.2) is 9.18 Å². The van der Waals surface area contributed by atoms with Gasteiger partial charge >= 0.3 is 5.63 Å². The average molecular weight is 209 g/mol. The number of nitrogens with zero attached hydrogens (tertiary/aromatic N) is 1. The van der Waals surface area contributed by atoms with E-state index in [-0.39, 0.29) is 11.5 Å². The summed E-state index contributed by atoms with van der Waals surface area (Å²) in [6.45, 7) is 0. The summed E-state index contributed by atoms with van der Waals surface area (Å²) < 4.78 is 30.0. The lowest BCUT2D eigenvalue weighted by Gasteiger charge is -1.98. The molecule has 0 aromatic carbocycles. The molecule has 76 valence electrons. The fourth-order valence-electron chi connectivity index (χ4n) is 1.08. The van der Waals surface area contributed by atoms with E-state index in [1.54, 1.807) is 12.1 Å². The number of aromatic nitrogens is 1. The second-order valence-electron chi connectivity index (χ2n) is 2.78. The lowest BCUT2D eigenvalue weighted by molar-refractivity contribution is 0.415. The van der Waals surface area contributed by atoms with Crippen LogP contribution < -0.4 is 5.63 Å². The maximum Gasteiger partial charge on any atom is 0.375 e. The van der Waals surface area contributed by atoms with Crippen molar-refractivity contribution in [3.63, 3.8) is 0 Å². The van der Waals surface area contributed by atoms with Gasteiger partial charge in [0.25, 0.3) is 0 Å². The van der Waals surface area contributed by atoms with Gasteiger partial charge in [-0.3, -0.25) is 4.98 Å². The zero-order chi connectivity index (χ0) is 10.8. The van der Waals surface area contributed by atoms with Gasteiger partial charge in [0.1, 0.15) is 5.69 Å². The Morgan fingerprint density at radius 2 is 2.07 bits per heavy atom. The highest BCUT2D eigenvalue weighted by molar-refractivity contribution is 5.50. The van der Waals surface area contributed by atoms with Gasteiger partial charge in [0, 0.05) is 12.3 Å². The first-order valence-electron chi connectivity index (χ1n) is 4.09. The Labute approximate surface area is 83.0 Å². The molecule has 0 unspecified atom stereocenters. The summed E-state index contributed by atoms with van der Waals surface area (Å²) in [5.74, 6) is -2.86. The Kier molecular flexibility index (Phi) is 2.29. The highest BCUT2D eigenvalue weighted by Crippen LogP contribution is 2.16. The molecule has 2 aromatic rings. The lowest BCUT2D eigenvalue weighted by atomic mass is 10.2. The molecule has 3 nitrogen and oxygen atoms in total. The molecular weight excluding hydrogens is 204 g/mol. The summed E-state index contributed by atoms with van der Waals surface area (Å²) >= 11 is 0. The molecule has 2 heterocycles. The van der Waals surface area contributed by atoms with Gasteiger partial charge in [0.2, 0.25) is 5.82 Å². The van der Waals surface area contributed by atoms with Crippen LogP contribution in [0, 0.1) is 11.6 Å². The standard InChI is InChI=1S/C10H5F2NO2/c11-6-5-8(15-10(14)9(6)12)7-3-1-2-4-13-7/h1-5H. The molecule has 0 radical (unpaired) electrons. The van der Waals surface area contributed by atoms with Gasteiger partial charge in [0.15, 0.2) is 11.6 Å². The van der Waals surface area contributed by atoms with Crippen molar-refractivity contribution in [3.05, 3.63) is 52.5 Å². The van der Waals surface area contributed by atoms with Crippen molar-refractivity contribution < 1.29 is 13.2 Å². The first-order valence-corrected chi connectivity index (χ1v) is 4.09. The van der Waals surface area contributed by atoms with Gasteiger partial charge in [-0.15, -0.1) is 0 Å². The van der Waals surface area contributed by atoms with Crippen molar-refractivity contribution in [1.82, 2.24) is 4.98 Å². The van der Waals surface area contributed by atoms with Gasteiger partial charge in [-0.05, 0) is 12.1 Å². The average Bonchev–Trinajstić information content (AvgIpc) is 2.26. The van der Waals surface area contributed by atoms with Crippen molar-refractivity contribution in [3.8, 4) is 11.5 Å². The Morgan fingerprint density at radius 3 is 2.67 bits per heavy atom. The summed E-state index contributed by atoms with van der Waals surface area (Å²) in [5, 5.41) is 0. The van der Waals surface area contributed by atoms with Crippen LogP contribution in [0.15, 0.2) is 39.7 Å². The van der Waals surface area contributed by atoms with E-state index in [0.717, 1.165) is 6.07 Å². The molecule has 2 aromatic heterocycles. The molecule has 0 saturated carbocycles. The van der Waals surface area contributed by atoms with Crippen molar-refractivity contribution in [2.45, 2.75) is 0 Å². The first-order chi connectivity index (χ1) is 7.18. The highest BCUT2D eigenvalue weighted by Gasteiger charge is 2.12. The monoisotopic (exact) mass is 209 g/mol. The zero-order valence-electron chi connectivity index (χ0n) is 7.41. The van der Waals surface area contributed by atoms with Crippen molar-refractivity contribution >= 4 is 0 Å².